The lowest BCUT2D eigenvalue weighted by Gasteiger charge is -2.07. The Hall–Kier alpha value is -2.62. The molecule has 4 heteroatoms. The Morgan fingerprint density at radius 3 is 1.25 bits per heavy atom. The highest BCUT2D eigenvalue weighted by molar-refractivity contribution is 5.97. The number of hydrogen-bond acceptors (Lipinski definition) is 2. The summed E-state index contributed by atoms with van der Waals surface area (Å²) >= 11 is 0. The van der Waals surface area contributed by atoms with Crippen LogP contribution >= 0.6 is 0 Å². The van der Waals surface area contributed by atoms with Crippen molar-refractivity contribution in [3.63, 3.8) is 0 Å². The molecule has 4 rings (SSSR count). The fraction of sp³-hybridized carbons (Fsp3) is 0.300. The number of carbonyl (C=O) groups is 2. The number of benzene rings is 2. The van der Waals surface area contributed by atoms with Crippen molar-refractivity contribution in [2.75, 3.05) is 13.1 Å². The van der Waals surface area contributed by atoms with Gasteiger partial charge in [0.25, 0.3) is 11.8 Å². The van der Waals surface area contributed by atoms with Crippen molar-refractivity contribution in [1.82, 2.24) is 9.80 Å². The zero-order valence-electron chi connectivity index (χ0n) is 13.9. The molecule has 2 fully saturated rings. The Balaban J connectivity index is 1.49. The molecule has 4 nitrogen and oxygen atoms in total. The van der Waals surface area contributed by atoms with Crippen molar-refractivity contribution in [1.29, 1.82) is 0 Å². The number of rotatable bonds is 3. The van der Waals surface area contributed by atoms with Crippen molar-refractivity contribution in [2.24, 2.45) is 0 Å². The van der Waals surface area contributed by atoms with E-state index in [0.717, 1.165) is 35.3 Å². The van der Waals surface area contributed by atoms with E-state index in [9.17, 15) is 9.59 Å². The van der Waals surface area contributed by atoms with Gasteiger partial charge in [-0.3, -0.25) is 9.59 Å². The summed E-state index contributed by atoms with van der Waals surface area (Å²) in [7, 11) is 0. The molecular formula is C20H20N2O2. The highest BCUT2D eigenvalue weighted by Gasteiger charge is 2.35. The van der Waals surface area contributed by atoms with Gasteiger partial charge in [-0.05, 0) is 49.2 Å². The summed E-state index contributed by atoms with van der Waals surface area (Å²) in [5.41, 5.74) is 3.55. The Labute approximate surface area is 141 Å². The van der Waals surface area contributed by atoms with Crippen LogP contribution in [0.4, 0.5) is 0 Å². The molecule has 0 saturated carbocycles. The zero-order chi connectivity index (χ0) is 16.8. The second-order valence-electron chi connectivity index (χ2n) is 6.77. The summed E-state index contributed by atoms with van der Waals surface area (Å²) in [6.45, 7) is 5.81. The van der Waals surface area contributed by atoms with E-state index in [4.69, 9.17) is 0 Å². The van der Waals surface area contributed by atoms with Gasteiger partial charge in [0.05, 0.1) is 0 Å². The second-order valence-corrected chi connectivity index (χ2v) is 6.77. The molecule has 0 aliphatic carbocycles. The molecule has 2 unspecified atom stereocenters. The summed E-state index contributed by atoms with van der Waals surface area (Å²) in [5, 5.41) is 0. The molecule has 24 heavy (non-hydrogen) atoms. The van der Waals surface area contributed by atoms with Crippen LogP contribution in [-0.4, -0.2) is 46.8 Å². The van der Waals surface area contributed by atoms with Gasteiger partial charge >= 0.3 is 0 Å². The van der Waals surface area contributed by atoms with Crippen LogP contribution in [0.3, 0.4) is 0 Å². The van der Waals surface area contributed by atoms with Gasteiger partial charge in [0.1, 0.15) is 0 Å². The normalized spacial score (nSPS) is 21.6. The molecule has 2 aliphatic rings. The third-order valence-corrected chi connectivity index (χ3v) is 4.84. The van der Waals surface area contributed by atoms with Crippen molar-refractivity contribution >= 4 is 11.8 Å². The van der Waals surface area contributed by atoms with E-state index in [0.29, 0.717) is 12.1 Å². The highest BCUT2D eigenvalue weighted by Crippen LogP contribution is 2.25. The van der Waals surface area contributed by atoms with Crippen LogP contribution in [0.5, 0.6) is 0 Å². The molecule has 2 atom stereocenters. The maximum absolute atomic E-state index is 12.2. The third kappa shape index (κ3) is 2.68. The topological polar surface area (TPSA) is 40.2 Å². The lowest BCUT2D eigenvalue weighted by Crippen LogP contribution is -2.12. The van der Waals surface area contributed by atoms with E-state index in [1.807, 2.05) is 72.2 Å². The van der Waals surface area contributed by atoms with Crippen LogP contribution in [-0.2, 0) is 0 Å². The predicted molar refractivity (Wildman–Crippen MR) is 92.9 cm³/mol. The molecule has 2 amide bonds. The lowest BCUT2D eigenvalue weighted by atomic mass is 10.0. The second kappa shape index (κ2) is 5.48. The SMILES string of the molecule is CC1CN1C(=O)c1ccc(-c2ccc(C(=O)N3CC3C)cc2)cc1. The van der Waals surface area contributed by atoms with E-state index in [2.05, 4.69) is 0 Å². The average molecular weight is 320 g/mol. The van der Waals surface area contributed by atoms with Gasteiger partial charge in [0, 0.05) is 36.3 Å². The highest BCUT2D eigenvalue weighted by atomic mass is 16.2. The molecule has 0 aromatic heterocycles. The quantitative estimate of drug-likeness (QED) is 0.816. The maximum atomic E-state index is 12.2. The number of hydrogen-bond donors (Lipinski definition) is 0. The van der Waals surface area contributed by atoms with Gasteiger partial charge in [-0.2, -0.15) is 0 Å². The van der Waals surface area contributed by atoms with Gasteiger partial charge in [0.15, 0.2) is 0 Å². The van der Waals surface area contributed by atoms with E-state index in [1.165, 1.54) is 0 Å². The predicted octanol–water partition coefficient (Wildman–Crippen LogP) is 3.04. The molecule has 2 saturated heterocycles. The Bertz CT molecular complexity index is 726. The largest absolute Gasteiger partial charge is 0.332 e. The molecule has 2 aromatic rings. The summed E-state index contributed by atoms with van der Waals surface area (Å²) < 4.78 is 0. The third-order valence-electron chi connectivity index (χ3n) is 4.84. The smallest absolute Gasteiger partial charge is 0.254 e. The monoisotopic (exact) mass is 320 g/mol. The fourth-order valence-corrected chi connectivity index (χ4v) is 2.98. The first-order chi connectivity index (χ1) is 11.5. The van der Waals surface area contributed by atoms with Crippen molar-refractivity contribution in [3.05, 3.63) is 59.7 Å². The summed E-state index contributed by atoms with van der Waals surface area (Å²) in [4.78, 5) is 28.0. The first kappa shape index (κ1) is 14.9. The molecule has 0 N–H and O–H groups in total. The fourth-order valence-electron chi connectivity index (χ4n) is 2.98. The van der Waals surface area contributed by atoms with Gasteiger partial charge in [-0.1, -0.05) is 24.3 Å². The first-order valence-electron chi connectivity index (χ1n) is 8.37. The molecule has 122 valence electrons. The number of nitrogens with zero attached hydrogens (tertiary/aromatic N) is 2. The van der Waals surface area contributed by atoms with Crippen molar-refractivity contribution in [2.45, 2.75) is 25.9 Å². The summed E-state index contributed by atoms with van der Waals surface area (Å²) in [5.74, 6) is 0.199. The summed E-state index contributed by atoms with van der Waals surface area (Å²) in [6, 6.07) is 16.1. The Kier molecular flexibility index (Phi) is 3.41. The van der Waals surface area contributed by atoms with Crippen molar-refractivity contribution < 1.29 is 9.59 Å². The van der Waals surface area contributed by atoms with Crippen LogP contribution in [0.1, 0.15) is 34.6 Å². The maximum Gasteiger partial charge on any atom is 0.254 e. The van der Waals surface area contributed by atoms with Crippen LogP contribution in [0, 0.1) is 0 Å². The molecule has 2 aliphatic heterocycles. The molecular weight excluding hydrogens is 300 g/mol. The zero-order valence-corrected chi connectivity index (χ0v) is 13.9. The first-order valence-corrected chi connectivity index (χ1v) is 8.37. The minimum Gasteiger partial charge on any atom is -0.332 e. The molecule has 0 spiro atoms. The van der Waals surface area contributed by atoms with Gasteiger partial charge in [0.2, 0.25) is 0 Å². The minimum atomic E-state index is 0.0996. The van der Waals surface area contributed by atoms with Crippen LogP contribution in [0.15, 0.2) is 48.5 Å². The van der Waals surface area contributed by atoms with Gasteiger partial charge < -0.3 is 9.80 Å². The van der Waals surface area contributed by atoms with E-state index in [-0.39, 0.29) is 11.8 Å². The average Bonchev–Trinajstić information content (AvgIpc) is 3.52. The van der Waals surface area contributed by atoms with E-state index >= 15 is 0 Å². The van der Waals surface area contributed by atoms with Crippen molar-refractivity contribution in [3.8, 4) is 11.1 Å². The van der Waals surface area contributed by atoms with Gasteiger partial charge in [-0.15, -0.1) is 0 Å². The molecule has 0 radical (unpaired) electrons. The van der Waals surface area contributed by atoms with E-state index < -0.39 is 0 Å². The molecule has 2 heterocycles. The number of carbonyl (C=O) groups excluding carboxylic acids is 2. The minimum absolute atomic E-state index is 0.0996. The standard InChI is InChI=1S/C20H20N2O2/c1-13-11-21(13)19(23)17-7-3-15(4-8-17)16-5-9-18(10-6-16)20(24)22-12-14(22)2/h3-10,13-14H,11-12H2,1-2H3. The summed E-state index contributed by atoms with van der Waals surface area (Å²) in [6.07, 6.45) is 0. The molecule has 0 bridgehead atoms. The van der Waals surface area contributed by atoms with Crippen LogP contribution in [0.2, 0.25) is 0 Å². The Morgan fingerprint density at radius 1 is 0.708 bits per heavy atom. The number of amides is 2. The van der Waals surface area contributed by atoms with Gasteiger partial charge in [-0.25, -0.2) is 0 Å². The van der Waals surface area contributed by atoms with Crippen LogP contribution < -0.4 is 0 Å². The molecule has 2 aromatic carbocycles. The lowest BCUT2D eigenvalue weighted by molar-refractivity contribution is 0.0868. The Morgan fingerprint density at radius 2 is 1.00 bits per heavy atom. The van der Waals surface area contributed by atoms with E-state index in [1.54, 1.807) is 0 Å². The van der Waals surface area contributed by atoms with Crippen LogP contribution in [0.25, 0.3) is 11.1 Å².